The van der Waals surface area contributed by atoms with E-state index in [4.69, 9.17) is 21.4 Å². The second-order valence-corrected chi connectivity index (χ2v) is 2.83. The maximum atomic E-state index is 10.4. The Labute approximate surface area is 78.1 Å². The van der Waals surface area contributed by atoms with Gasteiger partial charge in [-0.1, -0.05) is 20.3 Å². The Kier molecular flexibility index (Phi) is 8.37. The van der Waals surface area contributed by atoms with Crippen LogP contribution >= 0.6 is 0 Å². The number of carbonyl (C=O) groups is 2. The van der Waals surface area contributed by atoms with Crippen molar-refractivity contribution in [3.63, 3.8) is 0 Å². The first-order valence-electron chi connectivity index (χ1n) is 4.07. The van der Waals surface area contributed by atoms with Crippen molar-refractivity contribution in [2.45, 2.75) is 33.2 Å². The molecule has 0 unspecified atom stereocenters. The highest BCUT2D eigenvalue weighted by molar-refractivity contribution is 5.79. The van der Waals surface area contributed by atoms with Crippen LogP contribution in [0.25, 0.3) is 0 Å². The predicted molar refractivity (Wildman–Crippen MR) is 49.9 cm³/mol. The minimum absolute atomic E-state index is 0.197. The van der Waals surface area contributed by atoms with Gasteiger partial charge in [-0.3, -0.25) is 9.59 Å². The van der Waals surface area contributed by atoms with Gasteiger partial charge in [0.25, 0.3) is 5.97 Å². The monoisotopic (exact) mass is 190 g/mol. The van der Waals surface area contributed by atoms with Crippen molar-refractivity contribution >= 4 is 11.9 Å². The van der Waals surface area contributed by atoms with Crippen molar-refractivity contribution in [2.75, 3.05) is 0 Å². The second-order valence-electron chi connectivity index (χ2n) is 2.83. The number of hydrogen-bond donors (Lipinski definition) is 3. The van der Waals surface area contributed by atoms with Crippen molar-refractivity contribution < 1.29 is 14.7 Å². The van der Waals surface area contributed by atoms with Crippen LogP contribution in [0.1, 0.15) is 27.2 Å². The van der Waals surface area contributed by atoms with Crippen LogP contribution < -0.4 is 11.5 Å². The molecule has 13 heavy (non-hydrogen) atoms. The number of primary amides is 1. The van der Waals surface area contributed by atoms with Crippen LogP contribution in [0.2, 0.25) is 0 Å². The molecule has 2 atom stereocenters. The molecule has 5 nitrogen and oxygen atoms in total. The number of carboxylic acids is 1. The van der Waals surface area contributed by atoms with E-state index in [0.29, 0.717) is 0 Å². The molecule has 5 heteroatoms. The van der Waals surface area contributed by atoms with Crippen LogP contribution in [0.4, 0.5) is 0 Å². The molecule has 0 aromatic heterocycles. The SMILES string of the molecule is CC(=O)O.CC[C@H](C)[C@H](N)C(N)=O. The van der Waals surface area contributed by atoms with Gasteiger partial charge in [0.05, 0.1) is 6.04 Å². The van der Waals surface area contributed by atoms with E-state index >= 15 is 0 Å². The summed E-state index contributed by atoms with van der Waals surface area (Å²) in [6.45, 7) is 4.98. The molecule has 0 aliphatic rings. The van der Waals surface area contributed by atoms with Gasteiger partial charge in [0.15, 0.2) is 0 Å². The third-order valence-corrected chi connectivity index (χ3v) is 1.59. The summed E-state index contributed by atoms with van der Waals surface area (Å²) in [5.41, 5.74) is 10.3. The molecule has 0 saturated heterocycles. The summed E-state index contributed by atoms with van der Waals surface area (Å²) in [7, 11) is 0. The van der Waals surface area contributed by atoms with E-state index in [9.17, 15) is 4.79 Å². The molecule has 0 spiro atoms. The van der Waals surface area contributed by atoms with Gasteiger partial charge >= 0.3 is 0 Å². The highest BCUT2D eigenvalue weighted by atomic mass is 16.4. The van der Waals surface area contributed by atoms with E-state index in [-0.39, 0.29) is 5.92 Å². The summed E-state index contributed by atoms with van der Waals surface area (Å²) in [6.07, 6.45) is 0.893. The van der Waals surface area contributed by atoms with E-state index in [1.54, 1.807) is 0 Å². The lowest BCUT2D eigenvalue weighted by Gasteiger charge is -2.13. The molecule has 0 aliphatic heterocycles. The molecule has 78 valence electrons. The van der Waals surface area contributed by atoms with Crippen LogP contribution in [-0.2, 0) is 9.59 Å². The number of rotatable bonds is 3. The lowest BCUT2D eigenvalue weighted by Crippen LogP contribution is -2.41. The summed E-state index contributed by atoms with van der Waals surface area (Å²) in [5.74, 6) is -1.05. The van der Waals surface area contributed by atoms with Gasteiger partial charge in [0, 0.05) is 6.92 Å². The molecule has 0 aliphatic carbocycles. The molecule has 0 saturated carbocycles. The number of nitrogens with two attached hydrogens (primary N) is 2. The molecule has 0 radical (unpaired) electrons. The number of aliphatic carboxylic acids is 1. The summed E-state index contributed by atoms with van der Waals surface area (Å²) in [6, 6.07) is -0.477. The highest BCUT2D eigenvalue weighted by Crippen LogP contribution is 2.03. The van der Waals surface area contributed by atoms with Gasteiger partial charge in [0.1, 0.15) is 0 Å². The second kappa shape index (κ2) is 7.54. The molecule has 0 rings (SSSR count). The standard InChI is InChI=1S/C6H14N2O.C2H4O2/c1-3-4(2)5(7)6(8)9;1-2(3)4/h4-5H,3,7H2,1-2H3,(H2,8,9);1H3,(H,3,4)/t4-,5-;/m0./s1. The highest BCUT2D eigenvalue weighted by Gasteiger charge is 2.15. The molecular weight excluding hydrogens is 172 g/mol. The summed E-state index contributed by atoms with van der Waals surface area (Å²) < 4.78 is 0. The van der Waals surface area contributed by atoms with E-state index in [1.807, 2.05) is 13.8 Å². The topological polar surface area (TPSA) is 106 Å². The first-order valence-corrected chi connectivity index (χ1v) is 4.07. The van der Waals surface area contributed by atoms with Crippen LogP contribution in [0.5, 0.6) is 0 Å². The van der Waals surface area contributed by atoms with E-state index < -0.39 is 17.9 Å². The predicted octanol–water partition coefficient (Wildman–Crippen LogP) is -0.0640. The van der Waals surface area contributed by atoms with Crippen LogP contribution in [0.3, 0.4) is 0 Å². The number of carboxylic acid groups (broad SMARTS) is 1. The Morgan fingerprint density at radius 2 is 1.77 bits per heavy atom. The summed E-state index contributed by atoms with van der Waals surface area (Å²) in [4.78, 5) is 19.4. The normalized spacial score (nSPS) is 13.5. The Balaban J connectivity index is 0. The zero-order valence-corrected chi connectivity index (χ0v) is 8.28. The van der Waals surface area contributed by atoms with Crippen molar-refractivity contribution in [1.82, 2.24) is 0 Å². The molecule has 0 fully saturated rings. The molecular formula is C8H18N2O3. The number of hydrogen-bond acceptors (Lipinski definition) is 3. The third kappa shape index (κ3) is 10.9. The van der Waals surface area contributed by atoms with Crippen molar-refractivity contribution in [3.05, 3.63) is 0 Å². The summed E-state index contributed by atoms with van der Waals surface area (Å²) in [5, 5.41) is 7.42. The van der Waals surface area contributed by atoms with Gasteiger partial charge in [-0.25, -0.2) is 0 Å². The minimum atomic E-state index is -0.833. The van der Waals surface area contributed by atoms with Gasteiger partial charge < -0.3 is 16.6 Å². The molecule has 0 aromatic rings. The maximum Gasteiger partial charge on any atom is 0.300 e. The largest absolute Gasteiger partial charge is 0.481 e. The quantitative estimate of drug-likeness (QED) is 0.579. The maximum absolute atomic E-state index is 10.4. The molecule has 0 bridgehead atoms. The zero-order chi connectivity index (χ0) is 11.0. The number of amides is 1. The lowest BCUT2D eigenvalue weighted by atomic mass is 10.00. The van der Waals surface area contributed by atoms with Crippen molar-refractivity contribution in [1.29, 1.82) is 0 Å². The van der Waals surface area contributed by atoms with Gasteiger partial charge in [-0.05, 0) is 5.92 Å². The Morgan fingerprint density at radius 3 is 1.85 bits per heavy atom. The molecule has 5 N–H and O–H groups in total. The first kappa shape index (κ1) is 14.4. The average Bonchev–Trinajstić information content (AvgIpc) is 2.00. The Hall–Kier alpha value is -1.10. The molecule has 0 aromatic carbocycles. The molecule has 0 heterocycles. The fourth-order valence-corrected chi connectivity index (χ4v) is 0.534. The van der Waals surface area contributed by atoms with Gasteiger partial charge in [-0.15, -0.1) is 0 Å². The Bertz CT molecular complexity index is 167. The van der Waals surface area contributed by atoms with E-state index in [0.717, 1.165) is 13.3 Å². The fraction of sp³-hybridized carbons (Fsp3) is 0.750. The van der Waals surface area contributed by atoms with Crippen molar-refractivity contribution in [2.24, 2.45) is 17.4 Å². The molecule has 1 amide bonds. The third-order valence-electron chi connectivity index (χ3n) is 1.59. The smallest absolute Gasteiger partial charge is 0.300 e. The van der Waals surface area contributed by atoms with Gasteiger partial charge in [0.2, 0.25) is 5.91 Å². The van der Waals surface area contributed by atoms with Crippen LogP contribution in [0, 0.1) is 5.92 Å². The zero-order valence-electron chi connectivity index (χ0n) is 8.28. The number of carbonyl (C=O) groups excluding carboxylic acids is 1. The lowest BCUT2D eigenvalue weighted by molar-refractivity contribution is -0.134. The average molecular weight is 190 g/mol. The van der Waals surface area contributed by atoms with E-state index in [1.165, 1.54) is 0 Å². The summed E-state index contributed by atoms with van der Waals surface area (Å²) >= 11 is 0. The minimum Gasteiger partial charge on any atom is -0.481 e. The Morgan fingerprint density at radius 1 is 1.46 bits per heavy atom. The van der Waals surface area contributed by atoms with Crippen molar-refractivity contribution in [3.8, 4) is 0 Å². The van der Waals surface area contributed by atoms with E-state index in [2.05, 4.69) is 0 Å². The first-order chi connectivity index (χ1) is 5.82. The fourth-order valence-electron chi connectivity index (χ4n) is 0.534. The van der Waals surface area contributed by atoms with Crippen LogP contribution in [0.15, 0.2) is 0 Å². The van der Waals surface area contributed by atoms with Crippen LogP contribution in [-0.4, -0.2) is 23.0 Å². The van der Waals surface area contributed by atoms with Gasteiger partial charge in [-0.2, -0.15) is 0 Å².